The second-order valence-corrected chi connectivity index (χ2v) is 11.2. The first-order chi connectivity index (χ1) is 17.1. The van der Waals surface area contributed by atoms with Crippen LogP contribution < -0.4 is 20.5 Å². The Morgan fingerprint density at radius 1 is 1.06 bits per heavy atom. The maximum absolute atomic E-state index is 13.0. The molecule has 0 unspecified atom stereocenters. The molecule has 0 saturated carbocycles. The van der Waals surface area contributed by atoms with Crippen molar-refractivity contribution in [3.63, 3.8) is 0 Å². The van der Waals surface area contributed by atoms with Gasteiger partial charge >= 0.3 is 0 Å². The number of ether oxygens (including phenoxy) is 2. The van der Waals surface area contributed by atoms with Crippen molar-refractivity contribution in [3.05, 3.63) is 69.6 Å². The number of primary amides is 1. The molecule has 0 fully saturated rings. The monoisotopic (exact) mass is 529 g/mol. The summed E-state index contributed by atoms with van der Waals surface area (Å²) in [6.07, 6.45) is 0.515. The molecule has 1 aliphatic rings. The Kier molecular flexibility index (Phi) is 7.34. The topological polar surface area (TPSA) is 128 Å². The van der Waals surface area contributed by atoms with E-state index in [1.807, 2.05) is 18.2 Å². The van der Waals surface area contributed by atoms with E-state index in [0.29, 0.717) is 41.6 Å². The third kappa shape index (κ3) is 4.95. The lowest BCUT2D eigenvalue weighted by Crippen LogP contribution is -2.30. The van der Waals surface area contributed by atoms with Crippen LogP contribution in [0.2, 0.25) is 0 Å². The van der Waals surface area contributed by atoms with E-state index >= 15 is 0 Å². The van der Waals surface area contributed by atoms with Gasteiger partial charge in [-0.15, -0.1) is 11.3 Å². The Hall–Kier alpha value is -3.41. The van der Waals surface area contributed by atoms with Crippen molar-refractivity contribution in [2.75, 3.05) is 25.2 Å². The number of carbonyl (C=O) groups excluding carboxylic acids is 2. The number of fused-ring (bicyclic) bond motifs is 1. The largest absolute Gasteiger partial charge is 0.454 e. The summed E-state index contributed by atoms with van der Waals surface area (Å²) in [6, 6.07) is 11.3. The number of hydrogen-bond acceptors (Lipinski definition) is 7. The summed E-state index contributed by atoms with van der Waals surface area (Å²) in [5.41, 5.74) is 7.81. The van der Waals surface area contributed by atoms with E-state index in [1.165, 1.54) is 39.9 Å². The number of benzene rings is 2. The van der Waals surface area contributed by atoms with Gasteiger partial charge in [-0.3, -0.25) is 9.59 Å². The molecule has 0 radical (unpaired) electrons. The molecule has 2 heterocycles. The number of amides is 2. The Balaban J connectivity index is 1.56. The minimum atomic E-state index is -3.63. The van der Waals surface area contributed by atoms with Gasteiger partial charge in [0, 0.05) is 30.0 Å². The smallest absolute Gasteiger partial charge is 0.256 e. The summed E-state index contributed by atoms with van der Waals surface area (Å²) in [5, 5.41) is 3.12. The van der Waals surface area contributed by atoms with Crippen LogP contribution in [0.25, 0.3) is 0 Å². The molecule has 0 spiro atoms. The summed E-state index contributed by atoms with van der Waals surface area (Å²) in [7, 11) is -3.63. The summed E-state index contributed by atoms with van der Waals surface area (Å²) >= 11 is 1.28. The van der Waals surface area contributed by atoms with E-state index in [-0.39, 0.29) is 22.8 Å². The zero-order valence-corrected chi connectivity index (χ0v) is 21.8. The van der Waals surface area contributed by atoms with Gasteiger partial charge in [0.2, 0.25) is 16.8 Å². The number of rotatable bonds is 9. The van der Waals surface area contributed by atoms with E-state index in [9.17, 15) is 18.0 Å². The lowest BCUT2D eigenvalue weighted by molar-refractivity contribution is 0.100. The van der Waals surface area contributed by atoms with Crippen molar-refractivity contribution in [3.8, 4) is 11.5 Å². The highest BCUT2D eigenvalue weighted by atomic mass is 32.2. The highest BCUT2D eigenvalue weighted by Gasteiger charge is 2.24. The zero-order valence-electron chi connectivity index (χ0n) is 20.2. The first-order valence-corrected chi connectivity index (χ1v) is 13.6. The van der Waals surface area contributed by atoms with Crippen LogP contribution in [0.3, 0.4) is 0 Å². The SMILES string of the molecule is CCN(CC)S(=O)(=O)c1ccc(C(=O)Nc2sc(Cc3ccc4c(c3)OCO4)c(C)c2C(N)=O)cc1. The number of anilines is 1. The molecule has 0 aliphatic carbocycles. The summed E-state index contributed by atoms with van der Waals surface area (Å²) in [5.74, 6) is 0.233. The average molecular weight is 530 g/mol. The fourth-order valence-electron chi connectivity index (χ4n) is 4.02. The molecule has 4 rings (SSSR count). The standard InChI is InChI=1S/C25H27N3O6S2/c1-4-28(5-2)36(31,32)18-9-7-17(8-10-18)24(30)27-25-22(23(26)29)15(3)21(35-25)13-16-6-11-19-20(12-16)34-14-33-19/h6-12H,4-5,13-14H2,1-3H3,(H2,26,29)(H,27,30). The van der Waals surface area contributed by atoms with Gasteiger partial charge in [0.1, 0.15) is 5.00 Å². The highest BCUT2D eigenvalue weighted by molar-refractivity contribution is 7.89. The first kappa shape index (κ1) is 25.7. The van der Waals surface area contributed by atoms with Gasteiger partial charge in [-0.05, 0) is 54.4 Å². The van der Waals surface area contributed by atoms with E-state index in [1.54, 1.807) is 20.8 Å². The highest BCUT2D eigenvalue weighted by Crippen LogP contribution is 2.37. The molecule has 36 heavy (non-hydrogen) atoms. The minimum Gasteiger partial charge on any atom is -0.454 e. The number of thiophene rings is 1. The molecule has 1 aliphatic heterocycles. The second kappa shape index (κ2) is 10.3. The fraction of sp³-hybridized carbons (Fsp3) is 0.280. The van der Waals surface area contributed by atoms with Crippen molar-refractivity contribution in [1.29, 1.82) is 0 Å². The molecule has 11 heteroatoms. The predicted octanol–water partition coefficient (Wildman–Crippen LogP) is 3.76. The quantitative estimate of drug-likeness (QED) is 0.434. The lowest BCUT2D eigenvalue weighted by Gasteiger charge is -2.18. The number of carbonyl (C=O) groups is 2. The van der Waals surface area contributed by atoms with Gasteiger partial charge in [0.15, 0.2) is 11.5 Å². The van der Waals surface area contributed by atoms with Crippen LogP contribution in [0.1, 0.15) is 50.6 Å². The normalized spacial score (nSPS) is 12.7. The van der Waals surface area contributed by atoms with Crippen LogP contribution in [-0.2, 0) is 16.4 Å². The maximum atomic E-state index is 13.0. The molecule has 9 nitrogen and oxygen atoms in total. The third-order valence-electron chi connectivity index (χ3n) is 5.98. The van der Waals surface area contributed by atoms with Crippen LogP contribution in [-0.4, -0.2) is 44.4 Å². The molecular formula is C25H27N3O6S2. The number of sulfonamides is 1. The molecule has 190 valence electrons. The van der Waals surface area contributed by atoms with Gasteiger partial charge in [-0.2, -0.15) is 4.31 Å². The van der Waals surface area contributed by atoms with Crippen LogP contribution in [0.5, 0.6) is 11.5 Å². The summed E-state index contributed by atoms with van der Waals surface area (Å²) in [6.45, 7) is 6.21. The first-order valence-electron chi connectivity index (χ1n) is 11.4. The second-order valence-electron chi connectivity index (χ2n) is 8.15. The van der Waals surface area contributed by atoms with E-state index in [2.05, 4.69) is 5.32 Å². The number of nitrogens with one attached hydrogen (secondary N) is 1. The summed E-state index contributed by atoms with van der Waals surface area (Å²) < 4.78 is 37.5. The number of hydrogen-bond donors (Lipinski definition) is 2. The van der Waals surface area contributed by atoms with Gasteiger partial charge < -0.3 is 20.5 Å². The van der Waals surface area contributed by atoms with Gasteiger partial charge in [0.25, 0.3) is 11.8 Å². The van der Waals surface area contributed by atoms with Crippen LogP contribution in [0.15, 0.2) is 47.4 Å². The molecule has 0 saturated heterocycles. The van der Waals surface area contributed by atoms with Crippen LogP contribution in [0, 0.1) is 6.92 Å². The number of nitrogens with two attached hydrogens (primary N) is 1. The minimum absolute atomic E-state index is 0.110. The van der Waals surface area contributed by atoms with Crippen LogP contribution in [0.4, 0.5) is 5.00 Å². The molecule has 1 aromatic heterocycles. The Bertz CT molecular complexity index is 1410. The molecule has 3 aromatic rings. The summed E-state index contributed by atoms with van der Waals surface area (Å²) in [4.78, 5) is 26.2. The van der Waals surface area contributed by atoms with Gasteiger partial charge in [0.05, 0.1) is 10.5 Å². The lowest BCUT2D eigenvalue weighted by atomic mass is 10.1. The number of nitrogens with zero attached hydrogens (tertiary/aromatic N) is 1. The Labute approximate surface area is 213 Å². The van der Waals surface area contributed by atoms with E-state index < -0.39 is 21.8 Å². The van der Waals surface area contributed by atoms with Crippen molar-refractivity contribution < 1.29 is 27.5 Å². The van der Waals surface area contributed by atoms with E-state index in [0.717, 1.165) is 10.4 Å². The van der Waals surface area contributed by atoms with E-state index in [4.69, 9.17) is 15.2 Å². The molecular weight excluding hydrogens is 502 g/mol. The maximum Gasteiger partial charge on any atom is 0.256 e. The molecule has 0 atom stereocenters. The van der Waals surface area contributed by atoms with Crippen LogP contribution >= 0.6 is 11.3 Å². The average Bonchev–Trinajstić information content (AvgIpc) is 3.43. The molecule has 2 aromatic carbocycles. The van der Waals surface area contributed by atoms with Gasteiger partial charge in [-0.25, -0.2) is 8.42 Å². The molecule has 2 amide bonds. The van der Waals surface area contributed by atoms with Crippen molar-refractivity contribution >= 4 is 38.2 Å². The van der Waals surface area contributed by atoms with Crippen molar-refractivity contribution in [1.82, 2.24) is 4.31 Å². The van der Waals surface area contributed by atoms with Crippen molar-refractivity contribution in [2.45, 2.75) is 32.1 Å². The fourth-order valence-corrected chi connectivity index (χ4v) is 6.71. The zero-order chi connectivity index (χ0) is 26.0. The Morgan fingerprint density at radius 3 is 2.36 bits per heavy atom. The third-order valence-corrected chi connectivity index (χ3v) is 9.25. The molecule has 0 bridgehead atoms. The molecule has 3 N–H and O–H groups in total. The predicted molar refractivity (Wildman–Crippen MR) is 137 cm³/mol. The Morgan fingerprint density at radius 2 is 1.72 bits per heavy atom. The van der Waals surface area contributed by atoms with Crippen molar-refractivity contribution in [2.24, 2.45) is 5.73 Å². The van der Waals surface area contributed by atoms with Gasteiger partial charge in [-0.1, -0.05) is 19.9 Å².